The number of hydrogen-bond acceptors (Lipinski definition) is 5. The molecule has 0 radical (unpaired) electrons. The lowest BCUT2D eigenvalue weighted by Crippen LogP contribution is -2.19. The predicted molar refractivity (Wildman–Crippen MR) is 51.6 cm³/mol. The first-order valence-corrected chi connectivity index (χ1v) is 4.48. The molecule has 0 aliphatic rings. The Morgan fingerprint density at radius 3 is 2.87 bits per heavy atom. The Morgan fingerprint density at radius 1 is 1.67 bits per heavy atom. The summed E-state index contributed by atoms with van der Waals surface area (Å²) in [5, 5.41) is 8.94. The summed E-state index contributed by atoms with van der Waals surface area (Å²) in [5.41, 5.74) is -0.419. The number of ether oxygens (including phenoxy) is 1. The highest BCUT2D eigenvalue weighted by Crippen LogP contribution is 2.11. The standard InChI is InChI=1S/C10H12O5/c1-6(11)5-9(13)15-10-7(2)14-4-3-8(10)12/h3-4,6,11H,5H2,1-2H3. The minimum Gasteiger partial charge on any atom is -0.465 e. The van der Waals surface area contributed by atoms with Crippen LogP contribution in [0.15, 0.2) is 21.5 Å². The molecular weight excluding hydrogens is 200 g/mol. The predicted octanol–water partition coefficient (Wildman–Crippen LogP) is 0.625. The van der Waals surface area contributed by atoms with Gasteiger partial charge in [-0.2, -0.15) is 0 Å². The number of esters is 1. The van der Waals surface area contributed by atoms with Crippen LogP contribution in [0.3, 0.4) is 0 Å². The normalized spacial score (nSPS) is 12.2. The van der Waals surface area contributed by atoms with E-state index in [0.29, 0.717) is 0 Å². The van der Waals surface area contributed by atoms with Gasteiger partial charge in [0.1, 0.15) is 5.76 Å². The van der Waals surface area contributed by atoms with Crippen LogP contribution in [0.1, 0.15) is 19.1 Å². The summed E-state index contributed by atoms with van der Waals surface area (Å²) < 4.78 is 9.69. The van der Waals surface area contributed by atoms with Crippen molar-refractivity contribution in [2.45, 2.75) is 26.4 Å². The quantitative estimate of drug-likeness (QED) is 0.743. The Bertz CT molecular complexity index is 405. The summed E-state index contributed by atoms with van der Waals surface area (Å²) in [6, 6.07) is 1.16. The molecule has 1 atom stereocenters. The molecule has 1 unspecified atom stereocenters. The third-order valence-corrected chi connectivity index (χ3v) is 1.69. The fraction of sp³-hybridized carbons (Fsp3) is 0.400. The second kappa shape index (κ2) is 4.75. The number of hydrogen-bond donors (Lipinski definition) is 1. The van der Waals surface area contributed by atoms with Gasteiger partial charge in [0.05, 0.1) is 18.8 Å². The number of carbonyl (C=O) groups is 1. The zero-order valence-electron chi connectivity index (χ0n) is 8.52. The Hall–Kier alpha value is -1.62. The summed E-state index contributed by atoms with van der Waals surface area (Å²) in [6.45, 7) is 2.98. The van der Waals surface area contributed by atoms with Gasteiger partial charge in [-0.1, -0.05) is 0 Å². The van der Waals surface area contributed by atoms with Gasteiger partial charge < -0.3 is 14.3 Å². The van der Waals surface area contributed by atoms with Crippen LogP contribution in [0, 0.1) is 6.92 Å². The van der Waals surface area contributed by atoms with E-state index >= 15 is 0 Å². The van der Waals surface area contributed by atoms with E-state index < -0.39 is 17.5 Å². The van der Waals surface area contributed by atoms with Crippen LogP contribution in [0.5, 0.6) is 5.75 Å². The fourth-order valence-corrected chi connectivity index (χ4v) is 1.02. The lowest BCUT2D eigenvalue weighted by atomic mass is 10.3. The van der Waals surface area contributed by atoms with Crippen molar-refractivity contribution in [3.8, 4) is 5.75 Å². The molecular formula is C10H12O5. The van der Waals surface area contributed by atoms with Gasteiger partial charge in [0.2, 0.25) is 11.2 Å². The lowest BCUT2D eigenvalue weighted by Gasteiger charge is -2.06. The summed E-state index contributed by atoms with van der Waals surface area (Å²) in [4.78, 5) is 22.4. The van der Waals surface area contributed by atoms with Crippen molar-refractivity contribution in [3.63, 3.8) is 0 Å². The van der Waals surface area contributed by atoms with E-state index in [-0.39, 0.29) is 17.9 Å². The highest BCUT2D eigenvalue weighted by Gasteiger charge is 2.13. The van der Waals surface area contributed by atoms with Crippen LogP contribution in [0.4, 0.5) is 0 Å². The van der Waals surface area contributed by atoms with Gasteiger partial charge in [-0.15, -0.1) is 0 Å². The molecule has 1 rings (SSSR count). The second-order valence-corrected chi connectivity index (χ2v) is 3.20. The van der Waals surface area contributed by atoms with E-state index in [1.165, 1.54) is 20.1 Å². The average molecular weight is 212 g/mol. The molecule has 5 heteroatoms. The topological polar surface area (TPSA) is 76.7 Å². The summed E-state index contributed by atoms with van der Waals surface area (Å²) in [6.07, 6.45) is 0.269. The number of aryl methyl sites for hydroxylation is 1. The van der Waals surface area contributed by atoms with Gasteiger partial charge in [-0.05, 0) is 13.8 Å². The minimum atomic E-state index is -0.798. The van der Waals surface area contributed by atoms with E-state index in [1.54, 1.807) is 0 Å². The first kappa shape index (κ1) is 11.5. The second-order valence-electron chi connectivity index (χ2n) is 3.20. The van der Waals surface area contributed by atoms with E-state index in [9.17, 15) is 9.59 Å². The van der Waals surface area contributed by atoms with Crippen LogP contribution in [0.25, 0.3) is 0 Å². The molecule has 5 nitrogen and oxygen atoms in total. The van der Waals surface area contributed by atoms with Gasteiger partial charge >= 0.3 is 5.97 Å². The zero-order valence-corrected chi connectivity index (χ0v) is 8.52. The smallest absolute Gasteiger partial charge is 0.314 e. The Balaban J connectivity index is 2.81. The molecule has 0 aliphatic carbocycles. The van der Waals surface area contributed by atoms with E-state index in [0.717, 1.165) is 6.07 Å². The maximum Gasteiger partial charge on any atom is 0.314 e. The number of carbonyl (C=O) groups excluding carboxylic acids is 1. The van der Waals surface area contributed by atoms with Crippen molar-refractivity contribution >= 4 is 5.97 Å². The lowest BCUT2D eigenvalue weighted by molar-refractivity contribution is -0.136. The molecule has 1 aromatic heterocycles. The number of rotatable bonds is 3. The maximum absolute atomic E-state index is 11.3. The summed E-state index contributed by atoms with van der Waals surface area (Å²) in [7, 11) is 0. The molecule has 15 heavy (non-hydrogen) atoms. The molecule has 1 heterocycles. The summed E-state index contributed by atoms with van der Waals surface area (Å²) >= 11 is 0. The number of aliphatic hydroxyl groups excluding tert-OH is 1. The van der Waals surface area contributed by atoms with Gasteiger partial charge in [-0.25, -0.2) is 0 Å². The molecule has 0 aliphatic heterocycles. The highest BCUT2D eigenvalue weighted by molar-refractivity contribution is 5.72. The van der Waals surface area contributed by atoms with Gasteiger partial charge in [0.25, 0.3) is 0 Å². The zero-order chi connectivity index (χ0) is 11.4. The first-order valence-electron chi connectivity index (χ1n) is 4.48. The molecule has 0 fully saturated rings. The van der Waals surface area contributed by atoms with E-state index in [4.69, 9.17) is 14.3 Å². The maximum atomic E-state index is 11.3. The van der Waals surface area contributed by atoms with Crippen LogP contribution in [-0.2, 0) is 4.79 Å². The average Bonchev–Trinajstić information content (AvgIpc) is 2.10. The van der Waals surface area contributed by atoms with Crippen LogP contribution < -0.4 is 10.2 Å². The fourth-order valence-electron chi connectivity index (χ4n) is 1.02. The van der Waals surface area contributed by atoms with Crippen molar-refractivity contribution < 1.29 is 19.1 Å². The minimum absolute atomic E-state index is 0.122. The van der Waals surface area contributed by atoms with Crippen molar-refractivity contribution in [2.24, 2.45) is 0 Å². The van der Waals surface area contributed by atoms with Gasteiger partial charge in [0, 0.05) is 6.07 Å². The molecule has 0 aromatic carbocycles. The molecule has 1 aromatic rings. The molecule has 1 N–H and O–H groups in total. The molecule has 0 saturated heterocycles. The van der Waals surface area contributed by atoms with Crippen molar-refractivity contribution in [1.29, 1.82) is 0 Å². The van der Waals surface area contributed by atoms with Crippen molar-refractivity contribution in [3.05, 3.63) is 28.3 Å². The van der Waals surface area contributed by atoms with Crippen LogP contribution in [-0.4, -0.2) is 17.2 Å². The molecule has 0 saturated carbocycles. The van der Waals surface area contributed by atoms with Gasteiger partial charge in [-0.3, -0.25) is 9.59 Å². The SMILES string of the molecule is Cc1occc(=O)c1OC(=O)CC(C)O. The third-order valence-electron chi connectivity index (χ3n) is 1.69. The molecule has 0 bridgehead atoms. The van der Waals surface area contributed by atoms with Crippen molar-refractivity contribution in [2.75, 3.05) is 0 Å². The van der Waals surface area contributed by atoms with E-state index in [2.05, 4.69) is 0 Å². The van der Waals surface area contributed by atoms with Crippen LogP contribution in [0.2, 0.25) is 0 Å². The molecule has 82 valence electrons. The largest absolute Gasteiger partial charge is 0.465 e. The van der Waals surface area contributed by atoms with E-state index in [1.807, 2.05) is 0 Å². The van der Waals surface area contributed by atoms with Crippen LogP contribution >= 0.6 is 0 Å². The third kappa shape index (κ3) is 3.21. The first-order chi connectivity index (χ1) is 7.00. The van der Waals surface area contributed by atoms with Gasteiger partial charge in [0.15, 0.2) is 0 Å². The summed E-state index contributed by atoms with van der Waals surface area (Å²) in [5.74, 6) is -0.545. The Morgan fingerprint density at radius 2 is 2.33 bits per heavy atom. The Kier molecular flexibility index (Phi) is 3.62. The highest BCUT2D eigenvalue weighted by atomic mass is 16.5. The Labute approximate surface area is 86.3 Å². The monoisotopic (exact) mass is 212 g/mol. The van der Waals surface area contributed by atoms with Crippen molar-refractivity contribution in [1.82, 2.24) is 0 Å². The molecule has 0 spiro atoms. The molecule has 0 amide bonds. The number of aliphatic hydroxyl groups is 1.